The van der Waals surface area contributed by atoms with E-state index in [4.69, 9.17) is 9.47 Å². The van der Waals surface area contributed by atoms with Gasteiger partial charge in [0.15, 0.2) is 5.75 Å². The van der Waals surface area contributed by atoms with E-state index in [0.717, 1.165) is 6.26 Å². The van der Waals surface area contributed by atoms with Crippen LogP contribution in [0.25, 0.3) is 22.2 Å². The predicted molar refractivity (Wildman–Crippen MR) is 132 cm³/mol. The third-order valence-corrected chi connectivity index (χ3v) is 6.66. The summed E-state index contributed by atoms with van der Waals surface area (Å²) in [5.41, 5.74) is 1.96. The molecule has 35 heavy (non-hydrogen) atoms. The molecule has 0 bridgehead atoms. The number of rotatable bonds is 8. The number of sulfone groups is 1. The van der Waals surface area contributed by atoms with Crippen LogP contribution >= 0.6 is 0 Å². The first-order chi connectivity index (χ1) is 16.6. The second kappa shape index (κ2) is 9.53. The molecule has 4 aromatic rings. The van der Waals surface area contributed by atoms with Gasteiger partial charge in [-0.05, 0) is 42.8 Å². The number of aryl methyl sites for hydroxylation is 1. The molecule has 0 N–H and O–H groups in total. The molecule has 0 saturated carbocycles. The van der Waals surface area contributed by atoms with Crippen LogP contribution in [0.3, 0.4) is 0 Å². The average molecular weight is 500 g/mol. The Morgan fingerprint density at radius 1 is 1.09 bits per heavy atom. The first-order valence-corrected chi connectivity index (χ1v) is 13.0. The Bertz CT molecular complexity index is 1560. The zero-order chi connectivity index (χ0) is 25.3. The van der Waals surface area contributed by atoms with Gasteiger partial charge in [0.25, 0.3) is 5.88 Å². The van der Waals surface area contributed by atoms with Crippen LogP contribution in [0.5, 0.6) is 11.6 Å². The van der Waals surface area contributed by atoms with Crippen molar-refractivity contribution in [2.45, 2.75) is 13.0 Å². The summed E-state index contributed by atoms with van der Waals surface area (Å²) in [5.74, 6) is -0.127. The molecular weight excluding hydrogens is 473 g/mol. The molecule has 0 amide bonds. The molecule has 2 heterocycles. The maximum Gasteiger partial charge on any atom is 0.329 e. The van der Waals surface area contributed by atoms with Crippen LogP contribution in [0.2, 0.25) is 0 Å². The Morgan fingerprint density at radius 3 is 2.49 bits per heavy atom. The Labute approximate surface area is 202 Å². The van der Waals surface area contributed by atoms with E-state index in [1.54, 1.807) is 62.5 Å². The van der Waals surface area contributed by atoms with Crippen LogP contribution in [-0.2, 0) is 16.9 Å². The SMILES string of the molecule is CCOc1nc([C@@H](CS(C)(=O)=O)n2c(=O)n(C)c3cc(-c4ccccc4F)ccc32)ccc1OC. The third kappa shape index (κ3) is 4.79. The van der Waals surface area contributed by atoms with Gasteiger partial charge in [-0.25, -0.2) is 22.6 Å². The maximum absolute atomic E-state index is 14.4. The Hall–Kier alpha value is -3.66. The summed E-state index contributed by atoms with van der Waals surface area (Å²) in [6.07, 6.45) is 1.11. The van der Waals surface area contributed by atoms with E-state index >= 15 is 0 Å². The summed E-state index contributed by atoms with van der Waals surface area (Å²) < 4.78 is 52.9. The van der Waals surface area contributed by atoms with Crippen molar-refractivity contribution in [3.05, 3.63) is 76.6 Å². The quantitative estimate of drug-likeness (QED) is 0.368. The van der Waals surface area contributed by atoms with Crippen LogP contribution in [0.15, 0.2) is 59.4 Å². The summed E-state index contributed by atoms with van der Waals surface area (Å²) in [6, 6.07) is 13.8. The van der Waals surface area contributed by atoms with Crippen LogP contribution in [0.1, 0.15) is 18.7 Å². The molecule has 0 radical (unpaired) electrons. The molecule has 0 saturated heterocycles. The van der Waals surface area contributed by atoms with Gasteiger partial charge in [-0.1, -0.05) is 24.3 Å². The number of ether oxygens (including phenoxy) is 2. The van der Waals surface area contributed by atoms with Crippen molar-refractivity contribution in [2.24, 2.45) is 7.05 Å². The summed E-state index contributed by atoms with van der Waals surface area (Å²) in [5, 5.41) is 0. The lowest BCUT2D eigenvalue weighted by molar-refractivity contribution is 0.296. The zero-order valence-corrected chi connectivity index (χ0v) is 20.7. The van der Waals surface area contributed by atoms with Crippen molar-refractivity contribution in [1.82, 2.24) is 14.1 Å². The minimum Gasteiger partial charge on any atom is -0.491 e. The van der Waals surface area contributed by atoms with Gasteiger partial charge in [-0.2, -0.15) is 0 Å². The molecule has 0 aliphatic heterocycles. The number of hydrogen-bond acceptors (Lipinski definition) is 6. The number of methoxy groups -OCH3 is 1. The van der Waals surface area contributed by atoms with E-state index in [0.29, 0.717) is 40.2 Å². The molecule has 1 atom stereocenters. The number of pyridine rings is 1. The maximum atomic E-state index is 14.4. The zero-order valence-electron chi connectivity index (χ0n) is 19.9. The first kappa shape index (κ1) is 24.5. The van der Waals surface area contributed by atoms with E-state index in [1.807, 2.05) is 0 Å². The van der Waals surface area contributed by atoms with Crippen molar-refractivity contribution >= 4 is 20.9 Å². The fraction of sp³-hybridized carbons (Fsp3) is 0.280. The Kier molecular flexibility index (Phi) is 6.66. The fourth-order valence-corrected chi connectivity index (χ4v) is 5.02. The van der Waals surface area contributed by atoms with Crippen LogP contribution in [0.4, 0.5) is 4.39 Å². The van der Waals surface area contributed by atoms with Crippen LogP contribution in [-0.4, -0.2) is 48.3 Å². The van der Waals surface area contributed by atoms with E-state index in [-0.39, 0.29) is 17.5 Å². The van der Waals surface area contributed by atoms with Gasteiger partial charge >= 0.3 is 5.69 Å². The van der Waals surface area contributed by atoms with Gasteiger partial charge in [0.1, 0.15) is 15.7 Å². The third-order valence-electron chi connectivity index (χ3n) is 5.74. The normalized spacial score (nSPS) is 12.6. The second-order valence-corrected chi connectivity index (χ2v) is 10.4. The molecule has 4 rings (SSSR count). The summed E-state index contributed by atoms with van der Waals surface area (Å²) in [7, 11) is -0.448. The molecule has 0 aliphatic rings. The monoisotopic (exact) mass is 499 g/mol. The lowest BCUT2D eigenvalue weighted by Crippen LogP contribution is -2.31. The van der Waals surface area contributed by atoms with Crippen molar-refractivity contribution in [3.8, 4) is 22.8 Å². The molecule has 0 aliphatic carbocycles. The Morgan fingerprint density at radius 2 is 1.83 bits per heavy atom. The molecular formula is C25H26FN3O5S. The van der Waals surface area contributed by atoms with Gasteiger partial charge in [0.2, 0.25) is 0 Å². The summed E-state index contributed by atoms with van der Waals surface area (Å²) >= 11 is 0. The smallest absolute Gasteiger partial charge is 0.329 e. The highest BCUT2D eigenvalue weighted by molar-refractivity contribution is 7.90. The van der Waals surface area contributed by atoms with E-state index in [2.05, 4.69) is 4.98 Å². The number of aromatic nitrogens is 3. The Balaban J connectivity index is 1.94. The van der Waals surface area contributed by atoms with Crippen LogP contribution < -0.4 is 15.2 Å². The van der Waals surface area contributed by atoms with E-state index in [9.17, 15) is 17.6 Å². The number of hydrogen-bond donors (Lipinski definition) is 0. The van der Waals surface area contributed by atoms with Crippen molar-refractivity contribution < 1.29 is 22.3 Å². The predicted octanol–water partition coefficient (Wildman–Crippen LogP) is 3.58. The lowest BCUT2D eigenvalue weighted by Gasteiger charge is -2.19. The largest absolute Gasteiger partial charge is 0.491 e. The molecule has 10 heteroatoms. The van der Waals surface area contributed by atoms with Crippen molar-refractivity contribution in [2.75, 3.05) is 25.7 Å². The van der Waals surface area contributed by atoms with Gasteiger partial charge in [0.05, 0.1) is 42.2 Å². The number of imidazole rings is 1. The molecule has 0 unspecified atom stereocenters. The topological polar surface area (TPSA) is 92.4 Å². The second-order valence-electron chi connectivity index (χ2n) is 8.18. The van der Waals surface area contributed by atoms with Gasteiger partial charge < -0.3 is 9.47 Å². The molecule has 2 aromatic carbocycles. The first-order valence-electron chi connectivity index (χ1n) is 11.0. The minimum absolute atomic E-state index is 0.209. The molecule has 184 valence electrons. The number of halogens is 1. The van der Waals surface area contributed by atoms with E-state index in [1.165, 1.54) is 22.3 Å². The average Bonchev–Trinajstić information content (AvgIpc) is 3.07. The highest BCUT2D eigenvalue weighted by Gasteiger charge is 2.27. The number of benzene rings is 2. The number of fused-ring (bicyclic) bond motifs is 1. The standard InChI is InChI=1S/C25H26FN3O5S/c1-5-34-24-23(33-3)13-11-19(27-24)22(15-35(4,31)32)29-20-12-10-16(14-21(20)28(2)25(29)30)17-8-6-7-9-18(17)26/h6-14,22H,5,15H2,1-4H3/t22-/m1/s1. The molecule has 0 fully saturated rings. The summed E-state index contributed by atoms with van der Waals surface area (Å²) in [4.78, 5) is 17.9. The van der Waals surface area contributed by atoms with Gasteiger partial charge in [-0.3, -0.25) is 9.13 Å². The highest BCUT2D eigenvalue weighted by atomic mass is 32.2. The van der Waals surface area contributed by atoms with Crippen LogP contribution in [0, 0.1) is 5.82 Å². The van der Waals surface area contributed by atoms with Crippen molar-refractivity contribution in [1.29, 1.82) is 0 Å². The van der Waals surface area contributed by atoms with E-state index < -0.39 is 21.6 Å². The lowest BCUT2D eigenvalue weighted by atomic mass is 10.0. The summed E-state index contributed by atoms with van der Waals surface area (Å²) in [6.45, 7) is 2.13. The fourth-order valence-electron chi connectivity index (χ4n) is 4.13. The van der Waals surface area contributed by atoms with Crippen molar-refractivity contribution in [3.63, 3.8) is 0 Å². The highest BCUT2D eigenvalue weighted by Crippen LogP contribution is 2.31. The number of nitrogens with zero attached hydrogens (tertiary/aromatic N) is 3. The molecule has 0 spiro atoms. The van der Waals surface area contributed by atoms with Gasteiger partial charge in [-0.15, -0.1) is 0 Å². The molecule has 2 aromatic heterocycles. The minimum atomic E-state index is -3.52. The molecule has 8 nitrogen and oxygen atoms in total. The van der Waals surface area contributed by atoms with Gasteiger partial charge in [0, 0.05) is 18.9 Å².